The van der Waals surface area contributed by atoms with Crippen molar-refractivity contribution in [1.82, 2.24) is 0 Å². The number of nitrogens with one attached hydrogen (secondary N) is 1. The predicted octanol–water partition coefficient (Wildman–Crippen LogP) is 2.89. The van der Waals surface area contributed by atoms with Gasteiger partial charge >= 0.3 is 37.7 Å². The third kappa shape index (κ3) is 7.59. The number of hydrogen-bond acceptors (Lipinski definition) is 4. The Labute approximate surface area is 179 Å². The molecule has 126 valence electrons. The van der Waals surface area contributed by atoms with Crippen LogP contribution in [0.3, 0.4) is 0 Å². The van der Waals surface area contributed by atoms with Crippen molar-refractivity contribution in [2.24, 2.45) is 4.99 Å². The average Bonchev–Trinajstić information content (AvgIpc) is 2.63. The Hall–Kier alpha value is -1.36. The topological polar surface area (TPSA) is 82.3 Å². The third-order valence-electron chi connectivity index (χ3n) is 3.99. The molecule has 2 aromatic rings. The number of nitrogens with zero attached hydrogens (tertiary/aromatic N) is 1. The zero-order valence-electron chi connectivity index (χ0n) is 14.4. The summed E-state index contributed by atoms with van der Waals surface area (Å²) in [6, 6.07) is 14.0. The van der Waals surface area contributed by atoms with Crippen LogP contribution in [0, 0.1) is 5.41 Å². The molecule has 1 fully saturated rings. The Morgan fingerprint density at radius 2 is 1.36 bits per heavy atom. The molecule has 0 atom stereocenters. The van der Waals surface area contributed by atoms with Crippen LogP contribution in [-0.2, 0) is 0 Å². The molecule has 1 saturated carbocycles. The van der Waals surface area contributed by atoms with Gasteiger partial charge in [-0.05, 0) is 24.0 Å². The summed E-state index contributed by atoms with van der Waals surface area (Å²) in [6.45, 7) is 0. The van der Waals surface area contributed by atoms with Crippen LogP contribution >= 0.6 is 0 Å². The molecule has 0 radical (unpaired) electrons. The van der Waals surface area contributed by atoms with Crippen LogP contribution in [0.1, 0.15) is 43.2 Å². The van der Waals surface area contributed by atoms with Gasteiger partial charge in [0.1, 0.15) is 0 Å². The molecule has 2 aromatic carbocycles. The molecule has 1 aliphatic carbocycles. The van der Waals surface area contributed by atoms with E-state index in [2.05, 4.69) is 4.99 Å². The zero-order valence-corrected chi connectivity index (χ0v) is 16.6. The van der Waals surface area contributed by atoms with E-state index in [0.29, 0.717) is 17.2 Å². The second-order valence-corrected chi connectivity index (χ2v) is 5.79. The molecule has 0 spiro atoms. The van der Waals surface area contributed by atoms with Gasteiger partial charge < -0.3 is 15.6 Å². The number of rotatable bonds is 3. The van der Waals surface area contributed by atoms with E-state index in [1.165, 1.54) is 38.2 Å². The van der Waals surface area contributed by atoms with E-state index in [4.69, 9.17) is 5.41 Å². The van der Waals surface area contributed by atoms with Gasteiger partial charge in [0.05, 0.1) is 0 Å². The molecule has 0 unspecified atom stereocenters. The van der Waals surface area contributed by atoms with Gasteiger partial charge in [0.25, 0.3) is 0 Å². The quantitative estimate of drug-likeness (QED) is 0.673. The average molecular weight is 362 g/mol. The van der Waals surface area contributed by atoms with Crippen molar-refractivity contribution in [2.45, 2.75) is 38.1 Å². The van der Waals surface area contributed by atoms with Gasteiger partial charge in [-0.15, -0.1) is 11.5 Å². The van der Waals surface area contributed by atoms with Gasteiger partial charge in [-0.3, -0.25) is 4.99 Å². The molecule has 0 bridgehead atoms. The Morgan fingerprint density at radius 1 is 0.840 bits per heavy atom. The normalized spacial score (nSPS) is 14.2. The molecule has 25 heavy (non-hydrogen) atoms. The summed E-state index contributed by atoms with van der Waals surface area (Å²) >= 11 is 0. The van der Waals surface area contributed by atoms with Crippen LogP contribution in [-0.4, -0.2) is 56.2 Å². The van der Waals surface area contributed by atoms with E-state index in [-0.39, 0.29) is 49.2 Å². The summed E-state index contributed by atoms with van der Waals surface area (Å²) in [5.74, 6) is -0.0236. The summed E-state index contributed by atoms with van der Waals surface area (Å²) in [5, 5.41) is 28.9. The van der Waals surface area contributed by atoms with Crippen LogP contribution < -0.4 is 10.2 Å². The zero-order chi connectivity index (χ0) is 17.2. The maximum atomic E-state index is 11.4. The van der Waals surface area contributed by atoms with E-state index in [9.17, 15) is 10.2 Å². The van der Waals surface area contributed by atoms with Crippen LogP contribution in [0.5, 0.6) is 11.5 Å². The molecule has 0 aromatic heterocycles. The van der Waals surface area contributed by atoms with Gasteiger partial charge in [-0.2, -0.15) is 0 Å². The van der Waals surface area contributed by atoms with Gasteiger partial charge in [0.15, 0.2) is 0 Å². The Morgan fingerprint density at radius 3 is 1.84 bits per heavy atom. The number of hydrogen-bond donors (Lipinski definition) is 1. The number of aliphatic imine (C=N–C) groups is 1. The van der Waals surface area contributed by atoms with Crippen LogP contribution in [0.4, 0.5) is 0 Å². The summed E-state index contributed by atoms with van der Waals surface area (Å²) in [6.07, 6.45) is 9.06. The van der Waals surface area contributed by atoms with E-state index in [1.807, 2.05) is 12.1 Å². The second-order valence-electron chi connectivity index (χ2n) is 5.79. The first-order valence-electron chi connectivity index (χ1n) is 8.26. The minimum Gasteiger partial charge on any atom is -0.872 e. The number of benzene rings is 2. The monoisotopic (exact) mass is 362 g/mol. The molecule has 4 nitrogen and oxygen atoms in total. The van der Waals surface area contributed by atoms with Crippen molar-refractivity contribution in [3.05, 3.63) is 59.7 Å². The maximum Gasteiger partial charge on any atom is 2.00 e. The Kier molecular flexibility index (Phi) is 10.5. The molecule has 5 heteroatoms. The van der Waals surface area contributed by atoms with Gasteiger partial charge in [0.2, 0.25) is 0 Å². The van der Waals surface area contributed by atoms with E-state index in [1.54, 1.807) is 36.5 Å². The summed E-state index contributed by atoms with van der Waals surface area (Å²) < 4.78 is 0. The molecule has 3 rings (SSSR count). The minimum absolute atomic E-state index is 0. The molecule has 0 aliphatic heterocycles. The molecule has 0 amide bonds. The van der Waals surface area contributed by atoms with Crippen molar-refractivity contribution < 1.29 is 10.2 Å². The third-order valence-corrected chi connectivity index (χ3v) is 3.99. The first-order chi connectivity index (χ1) is 11.7. The van der Waals surface area contributed by atoms with Crippen molar-refractivity contribution >= 4 is 50.2 Å². The fourth-order valence-corrected chi connectivity index (χ4v) is 2.60. The van der Waals surface area contributed by atoms with Gasteiger partial charge in [0, 0.05) is 18.5 Å². The Bertz CT molecular complexity index is 683. The largest absolute Gasteiger partial charge is 2.00 e. The fourth-order valence-electron chi connectivity index (χ4n) is 2.60. The van der Waals surface area contributed by atoms with Crippen molar-refractivity contribution in [3.8, 4) is 11.5 Å². The van der Waals surface area contributed by atoms with Crippen molar-refractivity contribution in [2.75, 3.05) is 0 Å². The molecule has 0 saturated heterocycles. The van der Waals surface area contributed by atoms with E-state index in [0.717, 1.165) is 6.21 Å². The fraction of sp³-hybridized carbons (Fsp3) is 0.300. The molecule has 0 heterocycles. The predicted molar refractivity (Wildman–Crippen MR) is 99.9 cm³/mol. The second kappa shape index (κ2) is 12.1. The van der Waals surface area contributed by atoms with Crippen LogP contribution in [0.25, 0.3) is 0 Å². The standard InChI is InChI=1S/C13H17NO.C7H7NO.Ca/c15-13-9-5-4-6-11(13)10-14-12-7-2-1-3-8-12;8-5-6-3-1-2-4-7(6)9;/h4-6,9-10,12,15H,1-3,7-8H2;1-5,8-9H;/q;;+2/p-2. The maximum absolute atomic E-state index is 11.4. The van der Waals surface area contributed by atoms with Crippen LogP contribution in [0.2, 0.25) is 0 Å². The Balaban J connectivity index is 0.000000270. The summed E-state index contributed by atoms with van der Waals surface area (Å²) in [5.41, 5.74) is 1.15. The van der Waals surface area contributed by atoms with Gasteiger partial charge in [-0.25, -0.2) is 0 Å². The molecule has 1 aliphatic rings. The smallest absolute Gasteiger partial charge is 0.872 e. The van der Waals surface area contributed by atoms with Crippen LogP contribution in [0.15, 0.2) is 53.5 Å². The first-order valence-corrected chi connectivity index (χ1v) is 8.26. The SMILES string of the molecule is N=Cc1ccccc1[O-].[Ca+2].[O-]c1ccccc1C=NC1CCCCC1. The minimum atomic E-state index is -0.0903. The summed E-state index contributed by atoms with van der Waals surface area (Å²) in [4.78, 5) is 4.49. The number of para-hydroxylation sites is 2. The van der Waals surface area contributed by atoms with E-state index >= 15 is 0 Å². The summed E-state index contributed by atoms with van der Waals surface area (Å²) in [7, 11) is 0. The van der Waals surface area contributed by atoms with E-state index < -0.39 is 0 Å². The van der Waals surface area contributed by atoms with Crippen molar-refractivity contribution in [1.29, 1.82) is 5.41 Å². The molecular formula is C20H22CaN2O2. The molecular weight excluding hydrogens is 340 g/mol. The molecule has 1 N–H and O–H groups in total. The first kappa shape index (κ1) is 21.7. The van der Waals surface area contributed by atoms with Crippen molar-refractivity contribution in [3.63, 3.8) is 0 Å². The van der Waals surface area contributed by atoms with Gasteiger partial charge in [-0.1, -0.05) is 67.8 Å².